The van der Waals surface area contributed by atoms with Gasteiger partial charge < -0.3 is 14.0 Å². The van der Waals surface area contributed by atoms with Crippen LogP contribution in [-0.2, 0) is 32.9 Å². The van der Waals surface area contributed by atoms with Gasteiger partial charge >= 0.3 is 17.9 Å². The molecule has 1 heterocycles. The van der Waals surface area contributed by atoms with Crippen LogP contribution in [0.25, 0.3) is 15.8 Å². The van der Waals surface area contributed by atoms with Crippen molar-refractivity contribution in [1.29, 1.82) is 0 Å². The zero-order valence-electron chi connectivity index (χ0n) is 32.8. The summed E-state index contributed by atoms with van der Waals surface area (Å²) in [5.74, 6) is 1.33. The van der Waals surface area contributed by atoms with Crippen LogP contribution in [0.4, 0.5) is 39.5 Å². The average molecular weight is 917 g/mol. The first-order valence-corrected chi connectivity index (χ1v) is 21.5. The van der Waals surface area contributed by atoms with Crippen LogP contribution >= 0.6 is 0 Å². The highest BCUT2D eigenvalue weighted by Crippen LogP contribution is 2.37. The van der Waals surface area contributed by atoms with E-state index in [4.69, 9.17) is 9.84 Å². The molecule has 0 saturated carbocycles. The van der Waals surface area contributed by atoms with Gasteiger partial charge in [-0.05, 0) is 65.1 Å². The molecule has 1 aliphatic rings. The third kappa shape index (κ3) is 17.4. The molecule has 0 radical (unpaired) electrons. The molecule has 0 amide bonds. The fraction of sp³-hybridized carbons (Fsp3) is 0.233. The van der Waals surface area contributed by atoms with Crippen molar-refractivity contribution in [3.05, 3.63) is 164 Å². The fourth-order valence-corrected chi connectivity index (χ4v) is 7.19. The van der Waals surface area contributed by atoms with E-state index in [9.17, 15) is 61.1 Å². The minimum atomic E-state index is -5.92. The second-order valence-corrected chi connectivity index (χ2v) is 16.7. The van der Waals surface area contributed by atoms with Gasteiger partial charge in [-0.25, -0.2) is 16.8 Å². The maximum Gasteiger partial charge on any atom is 0.480 e. The molecular formula is C43H39F9NO7S2-. The van der Waals surface area contributed by atoms with Crippen LogP contribution in [0.15, 0.2) is 121 Å². The Hall–Kier alpha value is -5.66. The predicted octanol–water partition coefficient (Wildman–Crippen LogP) is 10.3. The zero-order valence-corrected chi connectivity index (χ0v) is 34.4. The molecule has 0 aliphatic carbocycles. The van der Waals surface area contributed by atoms with E-state index in [1.54, 1.807) is 34.5 Å². The minimum absolute atomic E-state index is 0.000301. The maximum atomic E-state index is 12.6. The molecule has 0 bridgehead atoms. The zero-order chi connectivity index (χ0) is 46.4. The number of benzene rings is 5. The molecule has 8 nitrogen and oxygen atoms in total. The Balaban J connectivity index is 0.000000257. The van der Waals surface area contributed by atoms with E-state index in [0.29, 0.717) is 16.5 Å². The number of carbonyl (C=O) groups is 1. The number of sulfonamides is 2. The Kier molecular flexibility index (Phi) is 17.9. The van der Waals surface area contributed by atoms with Gasteiger partial charge in [-0.1, -0.05) is 110 Å². The van der Waals surface area contributed by atoms with Crippen molar-refractivity contribution in [3.8, 4) is 17.2 Å². The summed E-state index contributed by atoms with van der Waals surface area (Å²) >= 11 is 0. The lowest BCUT2D eigenvalue weighted by atomic mass is 9.91. The number of phenols is 1. The number of ether oxygens (including phenoxy) is 1. The highest BCUT2D eigenvalue weighted by molar-refractivity contribution is 8.12. The van der Waals surface area contributed by atoms with E-state index < -0.39 is 50.7 Å². The lowest BCUT2D eigenvalue weighted by Crippen LogP contribution is -2.23. The number of carbonyl (C=O) groups excluding carboxylic acids is 1. The highest BCUT2D eigenvalue weighted by Gasteiger charge is 2.40. The maximum absolute atomic E-state index is 12.6. The minimum Gasteiger partial charge on any atom is -0.508 e. The van der Waals surface area contributed by atoms with Gasteiger partial charge in [0, 0.05) is 34.6 Å². The number of fused-ring (bicyclic) bond motifs is 2. The van der Waals surface area contributed by atoms with Gasteiger partial charge in [-0.2, -0.15) is 39.5 Å². The molecule has 0 spiro atoms. The predicted molar refractivity (Wildman–Crippen MR) is 217 cm³/mol. The van der Waals surface area contributed by atoms with Crippen LogP contribution < -0.4 is 15.2 Å². The molecule has 6 rings (SSSR count). The van der Waals surface area contributed by atoms with Crippen molar-refractivity contribution in [3.63, 3.8) is 0 Å². The largest absolute Gasteiger partial charge is 0.508 e. The topological polar surface area (TPSA) is 129 Å². The second kappa shape index (κ2) is 21.9. The fourth-order valence-electron chi connectivity index (χ4n) is 5.42. The summed E-state index contributed by atoms with van der Waals surface area (Å²) in [5.41, 5.74) is -0.182. The number of phenolic OH excluding ortho intramolecular Hbond substituents is 1. The molecule has 1 N–H and O–H groups in total. The molecular weight excluding hydrogens is 878 g/mol. The summed E-state index contributed by atoms with van der Waals surface area (Å²) < 4.78 is 155. The van der Waals surface area contributed by atoms with Crippen LogP contribution in [-0.4, -0.2) is 52.3 Å². The van der Waals surface area contributed by atoms with Crippen molar-refractivity contribution >= 4 is 38.0 Å². The Morgan fingerprint density at radius 1 is 0.677 bits per heavy atom. The number of aldehydes is 1. The van der Waals surface area contributed by atoms with Crippen LogP contribution in [0.2, 0.25) is 0 Å². The summed E-state index contributed by atoms with van der Waals surface area (Å²) in [6, 6.07) is 36.4. The van der Waals surface area contributed by atoms with Crippen LogP contribution in [0, 0.1) is 0 Å². The van der Waals surface area contributed by atoms with E-state index >= 15 is 0 Å². The summed E-state index contributed by atoms with van der Waals surface area (Å²) in [5, 5.41) is 10.3. The van der Waals surface area contributed by atoms with Gasteiger partial charge in [0.1, 0.15) is 23.5 Å². The van der Waals surface area contributed by atoms with Crippen LogP contribution in [0.3, 0.4) is 0 Å². The van der Waals surface area contributed by atoms with Gasteiger partial charge in [-0.3, -0.25) is 4.79 Å². The standard InChI is InChI=1S/C25H21F3O.C9H9F3O.C7H6O.C2H3F3NO4S2/c1-2-6-17-9-11-20-22(15-17)29-23-16-18(13-14-25(26,27)28)10-12-21(23)24(20)19-7-4-3-5-8-19;10-9(11,12)5-4-7-2-1-3-8(13)6-7;8-6-7-4-2-1-3-5-7;1-11(7,8)6-12(9,10)2(3,4)5/h3-5,7-13,15-16H,2,6,14H2,1H3;1-3,6,13H,4-5H2;1-6H;1H3/q;;;-1/b18-13+;;;. The number of rotatable bonds is 9. The van der Waals surface area contributed by atoms with Crippen LogP contribution in [0.1, 0.15) is 58.8 Å². The lowest BCUT2D eigenvalue weighted by molar-refractivity contribution is -0.134. The Morgan fingerprint density at radius 2 is 1.29 bits per heavy atom. The Labute approximate surface area is 352 Å². The van der Waals surface area contributed by atoms with Gasteiger partial charge in [0.25, 0.3) is 0 Å². The molecule has 19 heteroatoms. The Morgan fingerprint density at radius 3 is 1.79 bits per heavy atom. The number of hydrogen-bond acceptors (Lipinski definition) is 7. The van der Waals surface area contributed by atoms with Crippen molar-refractivity contribution < 1.29 is 71.0 Å². The smallest absolute Gasteiger partial charge is 0.480 e. The van der Waals surface area contributed by atoms with Gasteiger partial charge in [0.2, 0.25) is 0 Å². The van der Waals surface area contributed by atoms with Gasteiger partial charge in [0.15, 0.2) is 10.0 Å². The molecule has 0 fully saturated rings. The van der Waals surface area contributed by atoms with E-state index in [1.807, 2.05) is 60.7 Å². The van der Waals surface area contributed by atoms with Crippen molar-refractivity contribution in [2.45, 2.75) is 56.9 Å². The number of aromatic hydroxyl groups is 1. The highest BCUT2D eigenvalue weighted by atomic mass is 32.3. The van der Waals surface area contributed by atoms with E-state index in [2.05, 4.69) is 19.1 Å². The summed E-state index contributed by atoms with van der Waals surface area (Å²) in [6.07, 6.45) is -6.01. The third-order valence-electron chi connectivity index (χ3n) is 8.05. The number of hydrogen-bond donors (Lipinski definition) is 1. The van der Waals surface area contributed by atoms with Crippen molar-refractivity contribution in [2.24, 2.45) is 0 Å². The summed E-state index contributed by atoms with van der Waals surface area (Å²) in [6.45, 7) is 2.12. The summed E-state index contributed by atoms with van der Waals surface area (Å²) in [4.78, 5) is 10.0. The molecule has 5 aromatic carbocycles. The Bertz CT molecular complexity index is 2600. The summed E-state index contributed by atoms with van der Waals surface area (Å²) in [7, 11) is -10.5. The number of alkyl halides is 9. The van der Waals surface area contributed by atoms with E-state index in [0.717, 1.165) is 52.4 Å². The van der Waals surface area contributed by atoms with Gasteiger partial charge in [-0.15, -0.1) is 0 Å². The molecule has 0 aromatic heterocycles. The monoisotopic (exact) mass is 916 g/mol. The lowest BCUT2D eigenvalue weighted by Gasteiger charge is -2.22. The molecule has 0 unspecified atom stereocenters. The quantitative estimate of drug-likeness (QED) is 0.113. The molecule has 1 aliphatic heterocycles. The molecule has 0 atom stereocenters. The van der Waals surface area contributed by atoms with Crippen molar-refractivity contribution in [1.82, 2.24) is 0 Å². The number of aryl methyl sites for hydroxylation is 2. The first kappa shape index (κ1) is 50.7. The molecule has 5 aromatic rings. The van der Waals surface area contributed by atoms with E-state index in [-0.39, 0.29) is 18.4 Å². The SMILES string of the molecule is CCCc1ccc2c(c1)Oc1c/c(=C/CC(F)(F)F)ccc1=C2c1ccccc1.CS(=O)(=O)[N-]S(=O)(=O)C(F)(F)F.O=Cc1ccccc1.Oc1cccc(CCC(F)(F)F)c1. The second-order valence-electron chi connectivity index (χ2n) is 13.2. The molecule has 0 saturated heterocycles. The van der Waals surface area contributed by atoms with Crippen LogP contribution in [0.5, 0.6) is 17.2 Å². The molecule has 334 valence electrons. The normalized spacial score (nSPS) is 12.8. The number of halogens is 9. The van der Waals surface area contributed by atoms with E-state index in [1.165, 1.54) is 29.8 Å². The van der Waals surface area contributed by atoms with Crippen molar-refractivity contribution in [2.75, 3.05) is 6.26 Å². The third-order valence-corrected chi connectivity index (χ3v) is 10.5. The van der Waals surface area contributed by atoms with Gasteiger partial charge in [0.05, 0.1) is 16.4 Å². The first-order chi connectivity index (χ1) is 28.8. The first-order valence-electron chi connectivity index (χ1n) is 18.2. The average Bonchev–Trinajstić information content (AvgIpc) is 3.18. The number of nitrogens with zero attached hydrogens (tertiary/aromatic N) is 1. The molecule has 62 heavy (non-hydrogen) atoms.